The molecule has 0 saturated carbocycles. The third-order valence-corrected chi connectivity index (χ3v) is 4.95. The molecule has 20 heavy (non-hydrogen) atoms. The molecule has 0 spiro atoms. The summed E-state index contributed by atoms with van der Waals surface area (Å²) in [5.41, 5.74) is 5.19. The van der Waals surface area contributed by atoms with Crippen LogP contribution in [0.3, 0.4) is 0 Å². The molecule has 1 aliphatic heterocycles. The van der Waals surface area contributed by atoms with Crippen LogP contribution in [-0.2, 0) is 14.6 Å². The van der Waals surface area contributed by atoms with Gasteiger partial charge < -0.3 is 10.6 Å². The van der Waals surface area contributed by atoms with E-state index in [0.29, 0.717) is 13.1 Å². The Labute approximate surface area is 117 Å². The second kappa shape index (κ2) is 5.78. The average Bonchev–Trinajstić information content (AvgIpc) is 2.42. The third kappa shape index (κ3) is 3.27. The second-order valence-corrected chi connectivity index (χ2v) is 6.87. The summed E-state index contributed by atoms with van der Waals surface area (Å²) in [5, 5.41) is 0. The zero-order valence-corrected chi connectivity index (χ0v) is 11.8. The zero-order chi connectivity index (χ0) is 14.8. The van der Waals surface area contributed by atoms with E-state index in [2.05, 4.69) is 0 Å². The van der Waals surface area contributed by atoms with Gasteiger partial charge >= 0.3 is 0 Å². The van der Waals surface area contributed by atoms with Crippen molar-refractivity contribution < 1.29 is 17.6 Å². The summed E-state index contributed by atoms with van der Waals surface area (Å²) in [5.74, 6) is -1.85. The number of nitrogens with zero attached hydrogens (tertiary/aromatic N) is 1. The van der Waals surface area contributed by atoms with Crippen LogP contribution in [0.15, 0.2) is 23.1 Å². The highest BCUT2D eigenvalue weighted by atomic mass is 32.2. The van der Waals surface area contributed by atoms with Crippen LogP contribution in [0.25, 0.3) is 0 Å². The van der Waals surface area contributed by atoms with Gasteiger partial charge in [0.15, 0.2) is 9.84 Å². The topological polar surface area (TPSA) is 80.5 Å². The van der Waals surface area contributed by atoms with E-state index in [1.54, 1.807) is 4.90 Å². The van der Waals surface area contributed by atoms with Crippen LogP contribution in [-0.4, -0.2) is 38.1 Å². The maximum Gasteiger partial charge on any atom is 0.238 e. The van der Waals surface area contributed by atoms with E-state index in [1.807, 2.05) is 0 Å². The van der Waals surface area contributed by atoms with Crippen molar-refractivity contribution in [3.8, 4) is 0 Å². The van der Waals surface area contributed by atoms with Gasteiger partial charge in [0.25, 0.3) is 0 Å². The zero-order valence-electron chi connectivity index (χ0n) is 11.0. The van der Waals surface area contributed by atoms with E-state index in [4.69, 9.17) is 5.73 Å². The predicted molar refractivity (Wildman–Crippen MR) is 73.3 cm³/mol. The fraction of sp³-hybridized carbons (Fsp3) is 0.462. The average molecular weight is 300 g/mol. The van der Waals surface area contributed by atoms with Gasteiger partial charge in [0.05, 0.1) is 10.6 Å². The van der Waals surface area contributed by atoms with Gasteiger partial charge in [-0.25, -0.2) is 12.8 Å². The highest BCUT2D eigenvalue weighted by molar-refractivity contribution is 7.92. The molecule has 7 heteroatoms. The molecule has 1 saturated heterocycles. The maximum absolute atomic E-state index is 13.3. The first-order valence-electron chi connectivity index (χ1n) is 6.46. The minimum Gasteiger partial charge on any atom is -0.396 e. The van der Waals surface area contributed by atoms with Gasteiger partial charge in [-0.2, -0.15) is 0 Å². The lowest BCUT2D eigenvalue weighted by Gasteiger charge is -2.26. The van der Waals surface area contributed by atoms with Crippen molar-refractivity contribution in [1.29, 1.82) is 0 Å². The van der Waals surface area contributed by atoms with Crippen LogP contribution in [0.1, 0.15) is 19.3 Å². The first kappa shape index (κ1) is 14.8. The molecule has 2 rings (SSSR count). The molecule has 1 amide bonds. The standard InChI is InChI=1S/C13H17FN2O3S/c14-11-8-10(4-5-12(11)15)20(18,19)9-13(17)16-6-2-1-3-7-16/h4-5,8H,1-3,6-7,9,15H2. The number of likely N-dealkylation sites (tertiary alicyclic amines) is 1. The van der Waals surface area contributed by atoms with Gasteiger partial charge in [-0.05, 0) is 37.5 Å². The van der Waals surface area contributed by atoms with Crippen molar-refractivity contribution in [3.05, 3.63) is 24.0 Å². The molecule has 110 valence electrons. The molecule has 1 heterocycles. The summed E-state index contributed by atoms with van der Waals surface area (Å²) < 4.78 is 37.5. The lowest BCUT2D eigenvalue weighted by Crippen LogP contribution is -2.39. The summed E-state index contributed by atoms with van der Waals surface area (Å²) in [6.07, 6.45) is 2.84. The Hall–Kier alpha value is -1.63. The van der Waals surface area contributed by atoms with Crippen molar-refractivity contribution in [1.82, 2.24) is 4.90 Å². The molecule has 1 aliphatic rings. The molecule has 0 radical (unpaired) electrons. The first-order valence-corrected chi connectivity index (χ1v) is 8.11. The number of carbonyl (C=O) groups excluding carboxylic acids is 1. The Morgan fingerprint density at radius 1 is 1.25 bits per heavy atom. The number of sulfone groups is 1. The number of amides is 1. The number of nitrogens with two attached hydrogens (primary N) is 1. The number of hydrogen-bond donors (Lipinski definition) is 1. The summed E-state index contributed by atoms with van der Waals surface area (Å²) in [7, 11) is -3.83. The highest BCUT2D eigenvalue weighted by Crippen LogP contribution is 2.18. The van der Waals surface area contributed by atoms with Crippen LogP contribution in [0.5, 0.6) is 0 Å². The number of anilines is 1. The molecule has 0 unspecified atom stereocenters. The first-order chi connectivity index (χ1) is 9.40. The van der Waals surface area contributed by atoms with Crippen molar-refractivity contribution in [2.45, 2.75) is 24.2 Å². The summed E-state index contributed by atoms with van der Waals surface area (Å²) in [6, 6.07) is 3.26. The molecular formula is C13H17FN2O3S. The Balaban J connectivity index is 2.13. The molecule has 0 aliphatic carbocycles. The SMILES string of the molecule is Nc1ccc(S(=O)(=O)CC(=O)N2CCCCC2)cc1F. The molecule has 1 aromatic carbocycles. The summed E-state index contributed by atoms with van der Waals surface area (Å²) >= 11 is 0. The Bertz CT molecular complexity index is 610. The van der Waals surface area contributed by atoms with Crippen LogP contribution in [0, 0.1) is 5.82 Å². The van der Waals surface area contributed by atoms with Crippen LogP contribution in [0.4, 0.5) is 10.1 Å². The normalized spacial score (nSPS) is 16.1. The number of carbonyl (C=O) groups is 1. The molecular weight excluding hydrogens is 283 g/mol. The lowest BCUT2D eigenvalue weighted by atomic mass is 10.1. The smallest absolute Gasteiger partial charge is 0.238 e. The third-order valence-electron chi connectivity index (χ3n) is 3.35. The highest BCUT2D eigenvalue weighted by Gasteiger charge is 2.25. The Morgan fingerprint density at radius 3 is 2.50 bits per heavy atom. The number of hydrogen-bond acceptors (Lipinski definition) is 4. The molecule has 0 aromatic heterocycles. The van der Waals surface area contributed by atoms with E-state index in [-0.39, 0.29) is 10.6 Å². The predicted octanol–water partition coefficient (Wildman–Crippen LogP) is 1.19. The monoisotopic (exact) mass is 300 g/mol. The van der Waals surface area contributed by atoms with E-state index >= 15 is 0 Å². The number of nitrogen functional groups attached to an aromatic ring is 1. The largest absolute Gasteiger partial charge is 0.396 e. The summed E-state index contributed by atoms with van der Waals surface area (Å²) in [4.78, 5) is 13.3. The number of halogens is 1. The lowest BCUT2D eigenvalue weighted by molar-refractivity contribution is -0.129. The Morgan fingerprint density at radius 2 is 1.90 bits per heavy atom. The summed E-state index contributed by atoms with van der Waals surface area (Å²) in [6.45, 7) is 1.18. The molecule has 5 nitrogen and oxygen atoms in total. The van der Waals surface area contributed by atoms with Gasteiger partial charge in [0.1, 0.15) is 11.6 Å². The van der Waals surface area contributed by atoms with Crippen LogP contribution >= 0.6 is 0 Å². The van der Waals surface area contributed by atoms with Crippen molar-refractivity contribution in [3.63, 3.8) is 0 Å². The molecule has 0 bridgehead atoms. The van der Waals surface area contributed by atoms with Crippen molar-refractivity contribution >= 4 is 21.4 Å². The quantitative estimate of drug-likeness (QED) is 0.850. The van der Waals surface area contributed by atoms with E-state index in [1.165, 1.54) is 12.1 Å². The van der Waals surface area contributed by atoms with Gasteiger partial charge in [-0.3, -0.25) is 4.79 Å². The van der Waals surface area contributed by atoms with E-state index in [9.17, 15) is 17.6 Å². The van der Waals surface area contributed by atoms with Gasteiger partial charge in [0.2, 0.25) is 5.91 Å². The molecule has 0 atom stereocenters. The van der Waals surface area contributed by atoms with Crippen LogP contribution in [0.2, 0.25) is 0 Å². The Kier molecular flexibility index (Phi) is 4.27. The fourth-order valence-electron chi connectivity index (χ4n) is 2.18. The molecule has 2 N–H and O–H groups in total. The van der Waals surface area contributed by atoms with Crippen LogP contribution < -0.4 is 5.73 Å². The van der Waals surface area contributed by atoms with Gasteiger partial charge in [0, 0.05) is 13.1 Å². The molecule has 1 aromatic rings. The maximum atomic E-state index is 13.3. The fourth-order valence-corrected chi connectivity index (χ4v) is 3.41. The second-order valence-electron chi connectivity index (χ2n) is 4.88. The number of rotatable bonds is 3. The van der Waals surface area contributed by atoms with Crippen molar-refractivity contribution in [2.24, 2.45) is 0 Å². The number of benzene rings is 1. The minimum atomic E-state index is -3.83. The van der Waals surface area contributed by atoms with Gasteiger partial charge in [-0.15, -0.1) is 0 Å². The van der Waals surface area contributed by atoms with E-state index in [0.717, 1.165) is 25.3 Å². The van der Waals surface area contributed by atoms with E-state index < -0.39 is 27.3 Å². The van der Waals surface area contributed by atoms with Crippen molar-refractivity contribution in [2.75, 3.05) is 24.6 Å². The van der Waals surface area contributed by atoms with Gasteiger partial charge in [-0.1, -0.05) is 0 Å². The number of piperidine rings is 1. The molecule has 1 fully saturated rings. The minimum absolute atomic E-state index is 0.119.